The second-order valence-electron chi connectivity index (χ2n) is 5.92. The number of esters is 2. The molecule has 1 N–H and O–H groups in total. The van der Waals surface area contributed by atoms with E-state index in [9.17, 15) is 18.4 Å². The molecule has 0 aliphatic carbocycles. The van der Waals surface area contributed by atoms with Crippen molar-refractivity contribution in [3.8, 4) is 0 Å². The van der Waals surface area contributed by atoms with Crippen LogP contribution in [0, 0.1) is 5.82 Å². The molecule has 0 aromatic heterocycles. The van der Waals surface area contributed by atoms with Crippen molar-refractivity contribution in [3.05, 3.63) is 57.7 Å². The van der Waals surface area contributed by atoms with Gasteiger partial charge in [-0.05, 0) is 25.5 Å². The van der Waals surface area contributed by atoms with E-state index in [1.165, 1.54) is 26.2 Å². The van der Waals surface area contributed by atoms with E-state index in [4.69, 9.17) is 9.47 Å². The summed E-state index contributed by atoms with van der Waals surface area (Å²) in [4.78, 5) is 24.6. The molecule has 25 heavy (non-hydrogen) atoms. The molecule has 0 radical (unpaired) electrons. The van der Waals surface area contributed by atoms with Gasteiger partial charge < -0.3 is 14.8 Å². The van der Waals surface area contributed by atoms with Gasteiger partial charge in [0.2, 0.25) is 0 Å². The molecule has 3 rings (SSSR count). The standard InChI is InChI=1S/C18H17F2NO4/c1-8(19)13-10(5-4-6-11(13)20)15-14(17(22)24-3)9(2)21-12-7-25-18(23)16(12)15/h4-6,8,15,21H,7H2,1-3H3/t8-,15+/m1/s1. The third kappa shape index (κ3) is 2.69. The molecule has 0 bridgehead atoms. The van der Waals surface area contributed by atoms with Gasteiger partial charge in [0.25, 0.3) is 0 Å². The Hall–Kier alpha value is -2.70. The maximum Gasteiger partial charge on any atom is 0.337 e. The fourth-order valence-corrected chi connectivity index (χ4v) is 3.38. The number of benzene rings is 1. The topological polar surface area (TPSA) is 64.6 Å². The van der Waals surface area contributed by atoms with E-state index >= 15 is 0 Å². The lowest BCUT2D eigenvalue weighted by atomic mass is 9.78. The van der Waals surface area contributed by atoms with E-state index in [1.807, 2.05) is 0 Å². The summed E-state index contributed by atoms with van der Waals surface area (Å²) < 4.78 is 38.3. The number of rotatable bonds is 3. The van der Waals surface area contributed by atoms with Gasteiger partial charge in [-0.3, -0.25) is 0 Å². The van der Waals surface area contributed by atoms with E-state index in [0.717, 1.165) is 6.07 Å². The van der Waals surface area contributed by atoms with Gasteiger partial charge in [-0.2, -0.15) is 0 Å². The molecule has 0 amide bonds. The molecular formula is C18H17F2NO4. The number of hydrogen-bond acceptors (Lipinski definition) is 5. The summed E-state index contributed by atoms with van der Waals surface area (Å²) in [5, 5.41) is 2.96. The van der Waals surface area contributed by atoms with Crippen molar-refractivity contribution < 1.29 is 27.8 Å². The number of dihydropyridines is 1. The molecule has 0 saturated carbocycles. The van der Waals surface area contributed by atoms with Crippen molar-refractivity contribution in [1.29, 1.82) is 0 Å². The molecule has 0 unspecified atom stereocenters. The summed E-state index contributed by atoms with van der Waals surface area (Å²) >= 11 is 0. The molecule has 7 heteroatoms. The number of allylic oxidation sites excluding steroid dienone is 1. The molecule has 0 saturated heterocycles. The van der Waals surface area contributed by atoms with Crippen molar-refractivity contribution in [2.75, 3.05) is 13.7 Å². The number of alkyl halides is 1. The first-order valence-electron chi connectivity index (χ1n) is 7.75. The minimum Gasteiger partial charge on any atom is -0.466 e. The smallest absolute Gasteiger partial charge is 0.337 e. The zero-order valence-corrected chi connectivity index (χ0v) is 14.0. The zero-order chi connectivity index (χ0) is 18.3. The Labute approximate surface area is 143 Å². The fraction of sp³-hybridized carbons (Fsp3) is 0.333. The third-order valence-corrected chi connectivity index (χ3v) is 4.41. The number of halogens is 2. The van der Waals surface area contributed by atoms with Crippen molar-refractivity contribution in [2.24, 2.45) is 0 Å². The SMILES string of the molecule is COC(=O)C1=C(C)NC2=C(C(=O)OC2)[C@H]1c1cccc(F)c1[C@@H](C)F. The maximum absolute atomic E-state index is 14.3. The van der Waals surface area contributed by atoms with Crippen LogP contribution in [0.15, 0.2) is 40.7 Å². The molecule has 2 heterocycles. The normalized spacial score (nSPS) is 20.8. The van der Waals surface area contributed by atoms with Gasteiger partial charge in [0, 0.05) is 11.3 Å². The summed E-state index contributed by atoms with van der Waals surface area (Å²) in [5.41, 5.74) is 1.28. The van der Waals surface area contributed by atoms with Crippen LogP contribution < -0.4 is 5.32 Å². The second kappa shape index (κ2) is 6.31. The quantitative estimate of drug-likeness (QED) is 0.850. The maximum atomic E-state index is 14.3. The number of methoxy groups -OCH3 is 1. The van der Waals surface area contributed by atoms with E-state index in [2.05, 4.69) is 5.32 Å². The zero-order valence-electron chi connectivity index (χ0n) is 14.0. The van der Waals surface area contributed by atoms with Gasteiger partial charge in [0.05, 0.1) is 29.9 Å². The molecule has 1 aromatic rings. The molecule has 132 valence electrons. The number of carbonyl (C=O) groups is 2. The number of cyclic esters (lactones) is 1. The predicted molar refractivity (Wildman–Crippen MR) is 84.5 cm³/mol. The number of ether oxygens (including phenoxy) is 2. The van der Waals surface area contributed by atoms with E-state index < -0.39 is 29.8 Å². The Morgan fingerprint density at radius 2 is 2.16 bits per heavy atom. The average Bonchev–Trinajstić information content (AvgIpc) is 2.93. The average molecular weight is 349 g/mol. The molecule has 5 nitrogen and oxygen atoms in total. The highest BCUT2D eigenvalue weighted by atomic mass is 19.1. The summed E-state index contributed by atoms with van der Waals surface area (Å²) in [7, 11) is 1.21. The molecule has 1 aromatic carbocycles. The first-order valence-corrected chi connectivity index (χ1v) is 7.75. The Morgan fingerprint density at radius 1 is 1.44 bits per heavy atom. The van der Waals surface area contributed by atoms with Gasteiger partial charge in [0.15, 0.2) is 0 Å². The predicted octanol–water partition coefficient (Wildman–Crippen LogP) is 2.80. The summed E-state index contributed by atoms with van der Waals surface area (Å²) in [6.07, 6.45) is -1.62. The molecule has 2 aliphatic rings. The van der Waals surface area contributed by atoms with Gasteiger partial charge in [-0.25, -0.2) is 18.4 Å². The van der Waals surface area contributed by atoms with Crippen molar-refractivity contribution in [3.63, 3.8) is 0 Å². The van der Waals surface area contributed by atoms with Crippen LogP contribution in [0.2, 0.25) is 0 Å². The number of nitrogens with one attached hydrogen (secondary N) is 1. The Morgan fingerprint density at radius 3 is 2.80 bits per heavy atom. The summed E-state index contributed by atoms with van der Waals surface area (Å²) in [6, 6.07) is 4.08. The van der Waals surface area contributed by atoms with Crippen LogP contribution in [-0.4, -0.2) is 25.7 Å². The van der Waals surface area contributed by atoms with Crippen molar-refractivity contribution in [2.45, 2.75) is 25.9 Å². The number of hydrogen-bond donors (Lipinski definition) is 1. The first-order chi connectivity index (χ1) is 11.9. The van der Waals surface area contributed by atoms with Crippen LogP contribution in [0.3, 0.4) is 0 Å². The minimum absolute atomic E-state index is 0.0201. The summed E-state index contributed by atoms with van der Waals surface area (Å²) in [6.45, 7) is 2.87. The van der Waals surface area contributed by atoms with Gasteiger partial charge >= 0.3 is 11.9 Å². The Bertz CT molecular complexity index is 826. The summed E-state index contributed by atoms with van der Waals surface area (Å²) in [5.74, 6) is -2.99. The minimum atomic E-state index is -1.62. The number of carbonyl (C=O) groups excluding carboxylic acids is 2. The lowest BCUT2D eigenvalue weighted by Gasteiger charge is -2.29. The molecule has 0 spiro atoms. The fourth-order valence-electron chi connectivity index (χ4n) is 3.38. The van der Waals surface area contributed by atoms with Crippen molar-refractivity contribution >= 4 is 11.9 Å². The van der Waals surface area contributed by atoms with Crippen LogP contribution in [0.25, 0.3) is 0 Å². The largest absolute Gasteiger partial charge is 0.466 e. The monoisotopic (exact) mass is 349 g/mol. The van der Waals surface area contributed by atoms with E-state index in [1.54, 1.807) is 6.92 Å². The second-order valence-corrected chi connectivity index (χ2v) is 5.92. The molecular weight excluding hydrogens is 332 g/mol. The molecule has 0 fully saturated rings. The highest BCUT2D eigenvalue weighted by molar-refractivity contribution is 6.01. The molecule has 2 aliphatic heterocycles. The van der Waals surface area contributed by atoms with Crippen LogP contribution in [0.1, 0.15) is 37.1 Å². The van der Waals surface area contributed by atoms with Gasteiger partial charge in [-0.15, -0.1) is 0 Å². The van der Waals surface area contributed by atoms with Gasteiger partial charge in [-0.1, -0.05) is 12.1 Å². The molecule has 2 atom stereocenters. The lowest BCUT2D eigenvalue weighted by Crippen LogP contribution is -2.30. The Balaban J connectivity index is 2.28. The Kier molecular flexibility index (Phi) is 4.32. The van der Waals surface area contributed by atoms with Crippen molar-refractivity contribution in [1.82, 2.24) is 5.32 Å². The van der Waals surface area contributed by atoms with Crippen LogP contribution in [0.5, 0.6) is 0 Å². The van der Waals surface area contributed by atoms with Gasteiger partial charge in [0.1, 0.15) is 18.6 Å². The van der Waals surface area contributed by atoms with E-state index in [0.29, 0.717) is 11.4 Å². The third-order valence-electron chi connectivity index (χ3n) is 4.41. The van der Waals surface area contributed by atoms with Crippen LogP contribution in [-0.2, 0) is 19.1 Å². The van der Waals surface area contributed by atoms with Crippen LogP contribution >= 0.6 is 0 Å². The van der Waals surface area contributed by atoms with E-state index in [-0.39, 0.29) is 28.9 Å². The highest BCUT2D eigenvalue weighted by Crippen LogP contribution is 2.44. The first kappa shape index (κ1) is 17.1. The highest BCUT2D eigenvalue weighted by Gasteiger charge is 2.43. The van der Waals surface area contributed by atoms with Crippen LogP contribution in [0.4, 0.5) is 8.78 Å². The lowest BCUT2D eigenvalue weighted by molar-refractivity contribution is -0.136.